The van der Waals surface area contributed by atoms with Gasteiger partial charge in [-0.3, -0.25) is 0 Å². The number of hydrogen-bond donors (Lipinski definition) is 0. The van der Waals surface area contributed by atoms with Crippen molar-refractivity contribution in [2.24, 2.45) is 0 Å². The highest BCUT2D eigenvalue weighted by Gasteiger charge is 1.99. The van der Waals surface area contributed by atoms with E-state index in [1.807, 2.05) is 6.92 Å². The Morgan fingerprint density at radius 2 is 0.913 bits per heavy atom. The van der Waals surface area contributed by atoms with Gasteiger partial charge in [0.1, 0.15) is 0 Å². The summed E-state index contributed by atoms with van der Waals surface area (Å²) in [5, 5.41) is 0. The number of rotatable bonds is 18. The second-order valence-electron chi connectivity index (χ2n) is 7.12. The highest BCUT2D eigenvalue weighted by molar-refractivity contribution is 7.82. The molecule has 0 fully saturated rings. The molecular formula is C21H40S2. The van der Waals surface area contributed by atoms with Gasteiger partial charge in [0.05, 0.1) is 0 Å². The molecule has 0 saturated heterocycles. The maximum Gasteiger partial charge on any atom is 0.00993 e. The lowest BCUT2D eigenvalue weighted by Gasteiger charge is -2.04. The van der Waals surface area contributed by atoms with E-state index in [1.165, 1.54) is 96.3 Å². The lowest BCUT2D eigenvalue weighted by molar-refractivity contribution is 0.533. The molecule has 0 aromatic heterocycles. The van der Waals surface area contributed by atoms with Gasteiger partial charge in [-0.1, -0.05) is 121 Å². The third-order valence-electron chi connectivity index (χ3n) is 4.51. The average molecular weight is 357 g/mol. The van der Waals surface area contributed by atoms with E-state index in [0.717, 1.165) is 22.6 Å². The van der Waals surface area contributed by atoms with Gasteiger partial charge in [-0.25, -0.2) is 0 Å². The fourth-order valence-corrected chi connectivity index (χ4v) is 3.69. The van der Waals surface area contributed by atoms with Crippen molar-refractivity contribution < 1.29 is 0 Å². The second-order valence-corrected chi connectivity index (χ2v) is 8.39. The van der Waals surface area contributed by atoms with E-state index in [2.05, 4.69) is 6.92 Å². The van der Waals surface area contributed by atoms with Crippen LogP contribution in [0.1, 0.15) is 123 Å². The molecule has 0 heterocycles. The molecule has 0 unspecified atom stereocenters. The Kier molecular flexibility index (Phi) is 18.7. The molecule has 23 heavy (non-hydrogen) atoms. The van der Waals surface area contributed by atoms with Crippen molar-refractivity contribution in [2.45, 2.75) is 123 Å². The summed E-state index contributed by atoms with van der Waals surface area (Å²) in [6.07, 6.45) is 23.2. The summed E-state index contributed by atoms with van der Waals surface area (Å²) in [5.41, 5.74) is 0. The molecule has 0 aliphatic heterocycles. The van der Waals surface area contributed by atoms with E-state index in [-0.39, 0.29) is 0 Å². The molecule has 0 nitrogen and oxygen atoms in total. The minimum Gasteiger partial charge on any atom is -0.0896 e. The monoisotopic (exact) mass is 356 g/mol. The highest BCUT2D eigenvalue weighted by atomic mass is 32.1. The van der Waals surface area contributed by atoms with Crippen molar-refractivity contribution in [1.29, 1.82) is 0 Å². The van der Waals surface area contributed by atoms with Gasteiger partial charge >= 0.3 is 0 Å². The van der Waals surface area contributed by atoms with Crippen LogP contribution in [-0.2, 0) is 0 Å². The van der Waals surface area contributed by atoms with Crippen molar-refractivity contribution >= 4 is 34.2 Å². The Morgan fingerprint density at radius 1 is 0.565 bits per heavy atom. The van der Waals surface area contributed by atoms with Crippen LogP contribution in [0.5, 0.6) is 0 Å². The first-order valence-corrected chi connectivity index (χ1v) is 11.0. The summed E-state index contributed by atoms with van der Waals surface area (Å²) in [7, 11) is 0. The molecule has 0 aromatic carbocycles. The van der Waals surface area contributed by atoms with Gasteiger partial charge in [0.25, 0.3) is 0 Å². The van der Waals surface area contributed by atoms with Crippen LogP contribution < -0.4 is 0 Å². The Balaban J connectivity index is 3.08. The molecule has 0 radical (unpaired) electrons. The molecule has 0 amide bonds. The summed E-state index contributed by atoms with van der Waals surface area (Å²) in [6, 6.07) is 0. The van der Waals surface area contributed by atoms with Gasteiger partial charge in [-0.05, 0) is 29.5 Å². The Morgan fingerprint density at radius 3 is 1.26 bits per heavy atom. The molecule has 0 bridgehead atoms. The quantitative estimate of drug-likeness (QED) is 0.178. The molecular weight excluding hydrogens is 316 g/mol. The van der Waals surface area contributed by atoms with Crippen LogP contribution in [0.3, 0.4) is 0 Å². The van der Waals surface area contributed by atoms with Crippen LogP contribution in [0.2, 0.25) is 0 Å². The first kappa shape index (κ1) is 23.2. The molecule has 0 saturated carbocycles. The van der Waals surface area contributed by atoms with Crippen LogP contribution in [-0.4, -0.2) is 9.73 Å². The van der Waals surface area contributed by atoms with Crippen LogP contribution in [0.15, 0.2) is 0 Å². The fourth-order valence-electron chi connectivity index (χ4n) is 3.06. The molecule has 0 aliphatic rings. The molecule has 0 rings (SSSR count). The third kappa shape index (κ3) is 20.1. The molecule has 136 valence electrons. The van der Waals surface area contributed by atoms with Gasteiger partial charge in [-0.15, -0.1) is 0 Å². The maximum atomic E-state index is 5.34. The Bertz CT molecular complexity index is 284. The molecule has 2 heteroatoms. The van der Waals surface area contributed by atoms with Crippen LogP contribution in [0, 0.1) is 0 Å². The number of unbranched alkanes of at least 4 members (excludes halogenated alkanes) is 14. The lowest BCUT2D eigenvalue weighted by Crippen LogP contribution is -1.99. The summed E-state index contributed by atoms with van der Waals surface area (Å²) in [4.78, 5) is 2.20. The predicted molar refractivity (Wildman–Crippen MR) is 115 cm³/mol. The van der Waals surface area contributed by atoms with Crippen molar-refractivity contribution in [1.82, 2.24) is 0 Å². The van der Waals surface area contributed by atoms with Crippen LogP contribution >= 0.6 is 24.4 Å². The van der Waals surface area contributed by atoms with E-state index in [4.69, 9.17) is 24.4 Å². The lowest BCUT2D eigenvalue weighted by atomic mass is 10.0. The minimum atomic E-state index is 0.878. The zero-order valence-electron chi connectivity index (χ0n) is 15.8. The van der Waals surface area contributed by atoms with Gasteiger partial charge < -0.3 is 0 Å². The minimum absolute atomic E-state index is 0.878. The first-order chi connectivity index (χ1) is 11.2. The average Bonchev–Trinajstić information content (AvgIpc) is 2.50. The standard InChI is InChI=1S/C21H40S2/c1-3-4-5-6-7-8-9-10-11-12-13-14-15-16-17-18-21(23)19-20(2)22/h3-19H2,1-2H3. The largest absolute Gasteiger partial charge is 0.0896 e. The van der Waals surface area contributed by atoms with Gasteiger partial charge in [0.15, 0.2) is 0 Å². The van der Waals surface area contributed by atoms with E-state index >= 15 is 0 Å². The van der Waals surface area contributed by atoms with Crippen LogP contribution in [0.4, 0.5) is 0 Å². The van der Waals surface area contributed by atoms with E-state index in [1.54, 1.807) is 0 Å². The fraction of sp³-hybridized carbons (Fsp3) is 0.905. The van der Waals surface area contributed by atoms with Gasteiger partial charge in [-0.2, -0.15) is 0 Å². The van der Waals surface area contributed by atoms with E-state index < -0.39 is 0 Å². The zero-order valence-corrected chi connectivity index (χ0v) is 17.5. The first-order valence-electron chi connectivity index (χ1n) is 10.2. The van der Waals surface area contributed by atoms with E-state index in [9.17, 15) is 0 Å². The number of hydrogen-bond acceptors (Lipinski definition) is 2. The number of thiocarbonyl (C=S) groups is 2. The van der Waals surface area contributed by atoms with Crippen molar-refractivity contribution in [3.8, 4) is 0 Å². The van der Waals surface area contributed by atoms with Crippen molar-refractivity contribution in [3.05, 3.63) is 0 Å². The molecule has 0 aromatic rings. The molecule has 0 atom stereocenters. The normalized spacial score (nSPS) is 10.9. The summed E-state index contributed by atoms with van der Waals surface area (Å²) < 4.78 is 0. The second kappa shape index (κ2) is 18.5. The molecule has 0 spiro atoms. The Labute approximate surface area is 157 Å². The smallest absolute Gasteiger partial charge is 0.00993 e. The Hall–Kier alpha value is 0.180. The topological polar surface area (TPSA) is 0 Å². The van der Waals surface area contributed by atoms with Crippen LogP contribution in [0.25, 0.3) is 0 Å². The third-order valence-corrected chi connectivity index (χ3v) is 5.00. The van der Waals surface area contributed by atoms with Gasteiger partial charge in [0.2, 0.25) is 0 Å². The summed E-state index contributed by atoms with van der Waals surface area (Å²) in [6.45, 7) is 4.28. The van der Waals surface area contributed by atoms with Crippen molar-refractivity contribution in [2.75, 3.05) is 0 Å². The van der Waals surface area contributed by atoms with Gasteiger partial charge in [0, 0.05) is 6.42 Å². The SMILES string of the molecule is CCCCCCCCCCCCCCCCCC(=S)CC(C)=S. The van der Waals surface area contributed by atoms with E-state index in [0.29, 0.717) is 0 Å². The zero-order chi connectivity index (χ0) is 17.2. The highest BCUT2D eigenvalue weighted by Crippen LogP contribution is 2.14. The summed E-state index contributed by atoms with van der Waals surface area (Å²) in [5.74, 6) is 0. The predicted octanol–water partition coefficient (Wildman–Crippen LogP) is 8.40. The summed E-state index contributed by atoms with van der Waals surface area (Å²) >= 11 is 10.4. The van der Waals surface area contributed by atoms with Crippen molar-refractivity contribution in [3.63, 3.8) is 0 Å². The maximum absolute atomic E-state index is 5.34. The molecule has 0 aliphatic carbocycles. The molecule has 0 N–H and O–H groups in total.